The summed E-state index contributed by atoms with van der Waals surface area (Å²) in [4.78, 5) is 47.6. The molecule has 2 aliphatic rings. The summed E-state index contributed by atoms with van der Waals surface area (Å²) in [6, 6.07) is -0.957. The highest BCUT2D eigenvalue weighted by atomic mass is 32.2. The molecule has 12 heteroatoms. The van der Waals surface area contributed by atoms with Crippen LogP contribution in [-0.2, 0) is 16.1 Å². The molecule has 0 spiro atoms. The SMILES string of the molecule is CCn1cc([N+](=O)[O-])c(C(=O)NC2C(=O)N3C(C(=O)O)=C(C)CSC23)n1. The van der Waals surface area contributed by atoms with E-state index in [-0.39, 0.29) is 11.4 Å². The molecule has 3 rings (SSSR count). The van der Waals surface area contributed by atoms with E-state index in [2.05, 4.69) is 10.4 Å². The Hall–Kier alpha value is -2.89. The van der Waals surface area contributed by atoms with E-state index in [1.54, 1.807) is 13.8 Å². The number of carboxylic acid groups (broad SMARTS) is 1. The number of aromatic nitrogens is 2. The monoisotopic (exact) mass is 381 g/mol. The van der Waals surface area contributed by atoms with Gasteiger partial charge in [0, 0.05) is 12.3 Å². The van der Waals surface area contributed by atoms with Gasteiger partial charge in [-0.05, 0) is 19.4 Å². The summed E-state index contributed by atoms with van der Waals surface area (Å²) >= 11 is 1.32. The fraction of sp³-hybridized carbons (Fsp3) is 0.429. The Morgan fingerprint density at radius 1 is 1.54 bits per heavy atom. The van der Waals surface area contributed by atoms with Crippen molar-refractivity contribution < 1.29 is 24.4 Å². The third-order valence-electron chi connectivity index (χ3n) is 4.13. The molecule has 1 aromatic heterocycles. The molecule has 0 radical (unpaired) electrons. The minimum atomic E-state index is -1.21. The molecule has 1 fully saturated rings. The van der Waals surface area contributed by atoms with Crippen molar-refractivity contribution in [3.8, 4) is 0 Å². The molecule has 0 saturated carbocycles. The lowest BCUT2D eigenvalue weighted by Gasteiger charge is -2.49. The fourth-order valence-electron chi connectivity index (χ4n) is 2.85. The lowest BCUT2D eigenvalue weighted by molar-refractivity contribution is -0.385. The first-order valence-electron chi connectivity index (χ1n) is 7.66. The summed E-state index contributed by atoms with van der Waals surface area (Å²) in [6.45, 7) is 3.69. The molecule has 2 N–H and O–H groups in total. The number of fused-ring (bicyclic) bond motifs is 1. The summed E-state index contributed by atoms with van der Waals surface area (Å²) < 4.78 is 1.26. The molecule has 2 unspecified atom stereocenters. The second kappa shape index (κ2) is 6.44. The Morgan fingerprint density at radius 2 is 2.23 bits per heavy atom. The first kappa shape index (κ1) is 17.9. The van der Waals surface area contributed by atoms with E-state index >= 15 is 0 Å². The molecule has 1 saturated heterocycles. The molecule has 2 atom stereocenters. The maximum Gasteiger partial charge on any atom is 0.352 e. The van der Waals surface area contributed by atoms with Crippen LogP contribution in [-0.4, -0.2) is 59.7 Å². The average Bonchev–Trinajstić information content (AvgIpc) is 3.03. The van der Waals surface area contributed by atoms with Crippen LogP contribution in [0.4, 0.5) is 5.69 Å². The molecule has 11 nitrogen and oxygen atoms in total. The van der Waals surface area contributed by atoms with Crippen molar-refractivity contribution >= 4 is 35.2 Å². The van der Waals surface area contributed by atoms with Crippen LogP contribution in [0.25, 0.3) is 0 Å². The maximum absolute atomic E-state index is 12.4. The average molecular weight is 381 g/mol. The zero-order chi connectivity index (χ0) is 19.2. The number of nitrogens with zero attached hydrogens (tertiary/aromatic N) is 4. The van der Waals surface area contributed by atoms with E-state index in [0.29, 0.717) is 17.9 Å². The zero-order valence-corrected chi connectivity index (χ0v) is 14.6. The standard InChI is InChI=1S/C14H15N5O6S/c1-3-17-4-7(19(24)25)8(16-17)11(20)15-9-12(21)18-10(14(22)23)6(2)5-26-13(9)18/h4,9,13H,3,5H2,1-2H3,(H,15,20)(H,22,23). The molecule has 1 aromatic rings. The highest BCUT2D eigenvalue weighted by Crippen LogP contribution is 2.40. The Balaban J connectivity index is 1.81. The Labute approximate surface area is 151 Å². The minimum absolute atomic E-state index is 0.0782. The van der Waals surface area contributed by atoms with Gasteiger partial charge in [-0.1, -0.05) is 0 Å². The molecule has 3 heterocycles. The second-order valence-electron chi connectivity index (χ2n) is 5.77. The summed E-state index contributed by atoms with van der Waals surface area (Å²) in [5, 5.41) is 26.1. The quantitative estimate of drug-likeness (QED) is 0.417. The van der Waals surface area contributed by atoms with Gasteiger partial charge in [0.15, 0.2) is 0 Å². The number of carboxylic acids is 1. The molecule has 0 aliphatic carbocycles. The molecular weight excluding hydrogens is 366 g/mol. The van der Waals surface area contributed by atoms with Gasteiger partial charge in [-0.15, -0.1) is 11.8 Å². The van der Waals surface area contributed by atoms with E-state index in [9.17, 15) is 29.6 Å². The van der Waals surface area contributed by atoms with Crippen LogP contribution in [0.3, 0.4) is 0 Å². The zero-order valence-electron chi connectivity index (χ0n) is 13.8. The van der Waals surface area contributed by atoms with Gasteiger partial charge < -0.3 is 10.4 Å². The van der Waals surface area contributed by atoms with Crippen molar-refractivity contribution in [2.75, 3.05) is 5.75 Å². The Kier molecular flexibility index (Phi) is 4.44. The first-order valence-corrected chi connectivity index (χ1v) is 8.71. The van der Waals surface area contributed by atoms with Gasteiger partial charge in [0.05, 0.1) is 4.92 Å². The molecule has 2 amide bonds. The van der Waals surface area contributed by atoms with Crippen LogP contribution in [0.15, 0.2) is 17.5 Å². The van der Waals surface area contributed by atoms with Crippen LogP contribution in [0, 0.1) is 10.1 Å². The summed E-state index contributed by atoms with van der Waals surface area (Å²) in [7, 11) is 0. The number of thioether (sulfide) groups is 1. The molecular formula is C14H15N5O6S. The smallest absolute Gasteiger partial charge is 0.352 e. The van der Waals surface area contributed by atoms with Crippen molar-refractivity contribution in [3.05, 3.63) is 33.3 Å². The van der Waals surface area contributed by atoms with Crippen LogP contribution in [0.2, 0.25) is 0 Å². The van der Waals surface area contributed by atoms with E-state index in [1.807, 2.05) is 0 Å². The van der Waals surface area contributed by atoms with E-state index in [1.165, 1.54) is 16.4 Å². The van der Waals surface area contributed by atoms with Crippen LogP contribution < -0.4 is 5.32 Å². The first-order chi connectivity index (χ1) is 12.3. The minimum Gasteiger partial charge on any atom is -0.477 e. The maximum atomic E-state index is 12.4. The largest absolute Gasteiger partial charge is 0.477 e. The lowest BCUT2D eigenvalue weighted by Crippen LogP contribution is -2.70. The number of rotatable bonds is 5. The van der Waals surface area contributed by atoms with Crippen LogP contribution in [0.1, 0.15) is 24.3 Å². The van der Waals surface area contributed by atoms with Crippen molar-refractivity contribution in [1.82, 2.24) is 20.0 Å². The number of amides is 2. The van der Waals surface area contributed by atoms with E-state index < -0.39 is 39.8 Å². The molecule has 0 aromatic carbocycles. The summed E-state index contributed by atoms with van der Waals surface area (Å²) in [6.07, 6.45) is 1.15. The predicted molar refractivity (Wildman–Crippen MR) is 89.2 cm³/mol. The van der Waals surface area contributed by atoms with Crippen molar-refractivity contribution in [3.63, 3.8) is 0 Å². The molecule has 2 aliphatic heterocycles. The number of aryl methyl sites for hydroxylation is 1. The second-order valence-corrected chi connectivity index (χ2v) is 6.88. The number of aliphatic carboxylic acids is 1. The molecule has 138 valence electrons. The van der Waals surface area contributed by atoms with Crippen LogP contribution in [0.5, 0.6) is 0 Å². The number of nitro groups is 1. The third-order valence-corrected chi connectivity index (χ3v) is 5.55. The number of carbonyl (C=O) groups is 3. The number of β-lactam (4-membered cyclic amide) rings is 1. The van der Waals surface area contributed by atoms with Gasteiger partial charge in [0.25, 0.3) is 11.8 Å². The fourth-order valence-corrected chi connectivity index (χ4v) is 4.15. The summed E-state index contributed by atoms with van der Waals surface area (Å²) in [5.74, 6) is -2.20. The van der Waals surface area contributed by atoms with Gasteiger partial charge in [-0.2, -0.15) is 5.10 Å². The molecule has 0 bridgehead atoms. The van der Waals surface area contributed by atoms with E-state index in [4.69, 9.17) is 0 Å². The number of nitrogens with one attached hydrogen (secondary N) is 1. The van der Waals surface area contributed by atoms with Crippen molar-refractivity contribution in [1.29, 1.82) is 0 Å². The van der Waals surface area contributed by atoms with Gasteiger partial charge in [-0.25, -0.2) is 4.79 Å². The lowest BCUT2D eigenvalue weighted by atomic mass is 10.0. The Morgan fingerprint density at radius 3 is 2.81 bits per heavy atom. The number of hydrogen-bond donors (Lipinski definition) is 2. The highest BCUT2D eigenvalue weighted by molar-refractivity contribution is 8.00. The van der Waals surface area contributed by atoms with E-state index in [0.717, 1.165) is 11.1 Å². The topological polar surface area (TPSA) is 148 Å². The van der Waals surface area contributed by atoms with Gasteiger partial charge in [0.1, 0.15) is 23.3 Å². The van der Waals surface area contributed by atoms with Gasteiger partial charge in [0.2, 0.25) is 5.69 Å². The third kappa shape index (κ3) is 2.71. The van der Waals surface area contributed by atoms with Gasteiger partial charge >= 0.3 is 11.7 Å². The normalized spacial score (nSPS) is 21.9. The van der Waals surface area contributed by atoms with Crippen molar-refractivity contribution in [2.45, 2.75) is 31.8 Å². The predicted octanol–water partition coefficient (Wildman–Crippen LogP) is 0.183. The number of hydrogen-bond acceptors (Lipinski definition) is 7. The van der Waals surface area contributed by atoms with Crippen LogP contribution >= 0.6 is 11.8 Å². The summed E-state index contributed by atoms with van der Waals surface area (Å²) in [5.41, 5.74) is -0.347. The molecule has 26 heavy (non-hydrogen) atoms. The number of carbonyl (C=O) groups excluding carboxylic acids is 2. The van der Waals surface area contributed by atoms with Gasteiger partial charge in [-0.3, -0.25) is 29.3 Å². The Bertz CT molecular complexity index is 862. The van der Waals surface area contributed by atoms with Crippen molar-refractivity contribution in [2.24, 2.45) is 0 Å². The highest BCUT2D eigenvalue weighted by Gasteiger charge is 2.54.